The van der Waals surface area contributed by atoms with Gasteiger partial charge < -0.3 is 15.2 Å². The third kappa shape index (κ3) is 8.92. The number of aliphatic imine (C=N–C) groups is 1. The summed E-state index contributed by atoms with van der Waals surface area (Å²) in [5.74, 6) is -2.53. The molecule has 2 N–H and O–H groups in total. The highest BCUT2D eigenvalue weighted by Gasteiger charge is 2.35. The van der Waals surface area contributed by atoms with Crippen LogP contribution in [0.5, 0.6) is 5.75 Å². The fourth-order valence-corrected chi connectivity index (χ4v) is 5.93. The van der Waals surface area contributed by atoms with Crippen molar-refractivity contribution in [2.75, 3.05) is 12.4 Å². The Hall–Kier alpha value is -4.75. The number of hydrogen-bond donors (Lipinski definition) is 2. The predicted molar refractivity (Wildman–Crippen MR) is 188 cm³/mol. The highest BCUT2D eigenvalue weighted by molar-refractivity contribution is 14.1. The van der Waals surface area contributed by atoms with Crippen LogP contribution in [0.1, 0.15) is 29.7 Å². The molecule has 0 saturated heterocycles. The molecule has 0 radical (unpaired) electrons. The lowest BCUT2D eigenvalue weighted by atomic mass is 9.99. The molecule has 234 valence electrons. The molecule has 1 heterocycles. The highest BCUT2D eigenvalue weighted by atomic mass is 127. The zero-order chi connectivity index (χ0) is 33.1. The van der Waals surface area contributed by atoms with Gasteiger partial charge in [0.05, 0.1) is 15.4 Å². The molecule has 0 bridgehead atoms. The Morgan fingerprint density at radius 2 is 1.72 bits per heavy atom. The Kier molecular flexibility index (Phi) is 12.3. The van der Waals surface area contributed by atoms with E-state index in [4.69, 9.17) is 9.84 Å². The summed E-state index contributed by atoms with van der Waals surface area (Å²) in [4.78, 5) is 56.8. The van der Waals surface area contributed by atoms with Gasteiger partial charge in [-0.2, -0.15) is 4.99 Å². The van der Waals surface area contributed by atoms with Crippen LogP contribution in [0.15, 0.2) is 126 Å². The number of hydrogen-bond acceptors (Lipinski definition) is 6. The maximum atomic E-state index is 13.9. The smallest absolute Gasteiger partial charge is 0.341 e. The zero-order valence-corrected chi connectivity index (χ0v) is 27.7. The summed E-state index contributed by atoms with van der Waals surface area (Å²) in [6.07, 6.45) is 7.99. The van der Waals surface area contributed by atoms with Crippen molar-refractivity contribution in [2.24, 2.45) is 4.99 Å². The van der Waals surface area contributed by atoms with E-state index in [1.165, 1.54) is 11.0 Å². The second-order valence-electron chi connectivity index (χ2n) is 9.69. The predicted octanol–water partition coefficient (Wildman–Crippen LogP) is 6.15. The molecule has 11 heteroatoms. The van der Waals surface area contributed by atoms with Crippen LogP contribution in [-0.4, -0.2) is 51.2 Å². The maximum absolute atomic E-state index is 13.9. The summed E-state index contributed by atoms with van der Waals surface area (Å²) in [5.41, 5.74) is 2.60. The maximum Gasteiger partial charge on any atom is 0.341 e. The van der Waals surface area contributed by atoms with Crippen LogP contribution in [0.2, 0.25) is 0 Å². The van der Waals surface area contributed by atoms with Crippen LogP contribution in [0, 0.1) is 3.57 Å². The molecule has 4 rings (SSSR count). The molecule has 9 nitrogen and oxygen atoms in total. The number of aliphatic carboxylic acids is 1. The summed E-state index contributed by atoms with van der Waals surface area (Å²) in [6.45, 7) is 4.94. The van der Waals surface area contributed by atoms with Crippen LogP contribution in [0.3, 0.4) is 0 Å². The minimum atomic E-state index is -1.11. The van der Waals surface area contributed by atoms with E-state index in [-0.39, 0.29) is 22.4 Å². The molecule has 0 fully saturated rings. The molecule has 0 atom stereocenters. The fraction of sp³-hybridized carbons (Fsp3) is 0.114. The number of halogens is 1. The van der Waals surface area contributed by atoms with Gasteiger partial charge in [-0.1, -0.05) is 103 Å². The number of rotatable bonds is 12. The Balaban J connectivity index is 1.60. The fourth-order valence-electron chi connectivity index (χ4n) is 4.42. The lowest BCUT2D eigenvalue weighted by Crippen LogP contribution is -2.42. The van der Waals surface area contributed by atoms with Crippen LogP contribution >= 0.6 is 34.4 Å². The largest absolute Gasteiger partial charge is 0.481 e. The Bertz CT molecular complexity index is 1710. The van der Waals surface area contributed by atoms with Gasteiger partial charge in [0.25, 0.3) is 11.8 Å². The van der Waals surface area contributed by atoms with Crippen molar-refractivity contribution < 1.29 is 29.0 Å². The summed E-state index contributed by atoms with van der Waals surface area (Å²) in [7, 11) is 0. The molecule has 0 spiro atoms. The molecule has 3 aromatic rings. The molecule has 46 heavy (non-hydrogen) atoms. The van der Waals surface area contributed by atoms with Crippen molar-refractivity contribution in [3.05, 3.63) is 141 Å². The minimum absolute atomic E-state index is 0.0621. The molecular formula is C35H30IN3O6S. The molecule has 3 aromatic carbocycles. The van der Waals surface area contributed by atoms with E-state index in [0.29, 0.717) is 20.6 Å². The van der Waals surface area contributed by atoms with Crippen LogP contribution < -0.4 is 10.1 Å². The molecule has 0 aromatic heterocycles. The second kappa shape index (κ2) is 16.5. The Morgan fingerprint density at radius 1 is 1.07 bits per heavy atom. The number of carbonyl (C=O) groups is 4. The van der Waals surface area contributed by atoms with Gasteiger partial charge in [0.1, 0.15) is 11.3 Å². The van der Waals surface area contributed by atoms with E-state index in [0.717, 1.165) is 22.9 Å². The first-order chi connectivity index (χ1) is 22.2. The van der Waals surface area contributed by atoms with E-state index in [1.807, 2.05) is 83.3 Å². The monoisotopic (exact) mass is 747 g/mol. The Morgan fingerprint density at radius 3 is 2.28 bits per heavy atom. The number of thioether (sulfide) groups is 1. The summed E-state index contributed by atoms with van der Waals surface area (Å²) in [6, 6.07) is 23.6. The number of amides is 3. The standard InChI is InChI=1S/C35H30IN3O6S/c1-3-5-16-26(4-2)39-34(44)27(19-23-17-18-29(28(36)20-23)45-21-31(41)42)33(43)38-35(39)46-22-30(40)37-32(24-12-8-6-9-13-24)25-14-10-7-11-15-25/h3-20,32H,1,21-22H2,2H3,(H,37,40)(H,41,42)/b16-5-,26-4+,27-19+. The third-order valence-electron chi connectivity index (χ3n) is 6.53. The Labute approximate surface area is 284 Å². The van der Waals surface area contributed by atoms with Crippen molar-refractivity contribution in [1.82, 2.24) is 10.2 Å². The van der Waals surface area contributed by atoms with E-state index in [2.05, 4.69) is 16.9 Å². The normalized spacial score (nSPS) is 14.5. The van der Waals surface area contributed by atoms with Crippen molar-refractivity contribution in [1.29, 1.82) is 0 Å². The number of benzene rings is 3. The van der Waals surface area contributed by atoms with Gasteiger partial charge in [0.15, 0.2) is 11.8 Å². The first kappa shape index (κ1) is 34.1. The summed E-state index contributed by atoms with van der Waals surface area (Å²) in [5, 5.41) is 12.0. The van der Waals surface area contributed by atoms with Crippen LogP contribution in [0.4, 0.5) is 0 Å². The third-order valence-corrected chi connectivity index (χ3v) is 8.31. The first-order valence-electron chi connectivity index (χ1n) is 14.0. The van der Waals surface area contributed by atoms with Crippen molar-refractivity contribution in [2.45, 2.75) is 13.0 Å². The average Bonchev–Trinajstić information content (AvgIpc) is 3.06. The summed E-state index contributed by atoms with van der Waals surface area (Å²) < 4.78 is 5.87. The zero-order valence-electron chi connectivity index (χ0n) is 24.8. The molecule has 0 aliphatic carbocycles. The van der Waals surface area contributed by atoms with E-state index < -0.39 is 30.4 Å². The second-order valence-corrected chi connectivity index (χ2v) is 11.8. The number of carboxylic acid groups (broad SMARTS) is 1. The van der Waals surface area contributed by atoms with Gasteiger partial charge in [0.2, 0.25) is 5.91 Å². The summed E-state index contributed by atoms with van der Waals surface area (Å²) >= 11 is 2.96. The van der Waals surface area contributed by atoms with Gasteiger partial charge in [-0.25, -0.2) is 4.79 Å². The lowest BCUT2D eigenvalue weighted by Gasteiger charge is -2.28. The van der Waals surface area contributed by atoms with Crippen molar-refractivity contribution in [3.8, 4) is 5.75 Å². The van der Waals surface area contributed by atoms with Gasteiger partial charge in [-0.15, -0.1) is 0 Å². The van der Waals surface area contributed by atoms with E-state index in [9.17, 15) is 19.2 Å². The topological polar surface area (TPSA) is 125 Å². The lowest BCUT2D eigenvalue weighted by molar-refractivity contribution is -0.139. The number of ether oxygens (including phenoxy) is 1. The molecule has 1 aliphatic heterocycles. The van der Waals surface area contributed by atoms with Gasteiger partial charge in [-0.05, 0) is 70.5 Å². The SMILES string of the molecule is C=C/C=C\C(=C/C)N1C(=O)/C(=C/c2ccc(OCC(=O)O)c(I)c2)C(=O)N=C1SCC(=O)NC(c1ccccc1)c1ccccc1. The van der Waals surface area contributed by atoms with Crippen molar-refractivity contribution in [3.63, 3.8) is 0 Å². The molecule has 1 aliphatic rings. The van der Waals surface area contributed by atoms with Gasteiger partial charge in [-0.3, -0.25) is 19.3 Å². The molecular weight excluding hydrogens is 717 g/mol. The number of nitrogens with one attached hydrogen (secondary N) is 1. The average molecular weight is 748 g/mol. The number of nitrogens with zero attached hydrogens (tertiary/aromatic N) is 2. The van der Waals surface area contributed by atoms with E-state index >= 15 is 0 Å². The van der Waals surface area contributed by atoms with Gasteiger partial charge >= 0.3 is 5.97 Å². The van der Waals surface area contributed by atoms with Crippen LogP contribution in [0.25, 0.3) is 6.08 Å². The number of carbonyl (C=O) groups excluding carboxylic acids is 3. The number of amidine groups is 1. The van der Waals surface area contributed by atoms with Gasteiger partial charge in [0, 0.05) is 5.70 Å². The molecule has 0 saturated carbocycles. The number of allylic oxidation sites excluding steroid dienone is 4. The van der Waals surface area contributed by atoms with Crippen molar-refractivity contribution >= 4 is 69.3 Å². The number of carboxylic acids is 1. The first-order valence-corrected chi connectivity index (χ1v) is 16.1. The quantitative estimate of drug-likeness (QED) is 0.0987. The van der Waals surface area contributed by atoms with Crippen LogP contribution in [-0.2, 0) is 19.2 Å². The van der Waals surface area contributed by atoms with E-state index in [1.54, 1.807) is 49.4 Å². The highest BCUT2D eigenvalue weighted by Crippen LogP contribution is 2.29. The molecule has 3 amide bonds. The molecule has 0 unspecified atom stereocenters. The minimum Gasteiger partial charge on any atom is -0.481 e.